The van der Waals surface area contributed by atoms with Gasteiger partial charge in [-0.2, -0.15) is 0 Å². The van der Waals surface area contributed by atoms with E-state index in [1.165, 1.54) is 25.1 Å². The Hall–Kier alpha value is -1.55. The average Bonchev–Trinajstić information content (AvgIpc) is 2.88. The van der Waals surface area contributed by atoms with Crippen molar-refractivity contribution in [2.75, 3.05) is 18.1 Å². The molecule has 4 heteroatoms. The van der Waals surface area contributed by atoms with Crippen LogP contribution in [-0.4, -0.2) is 33.7 Å². The van der Waals surface area contributed by atoms with E-state index in [4.69, 9.17) is 0 Å². The predicted molar refractivity (Wildman–Crippen MR) is 71.9 cm³/mol. The molecule has 0 spiro atoms. The van der Waals surface area contributed by atoms with Crippen LogP contribution in [0.1, 0.15) is 25.7 Å². The number of fused-ring (bicyclic) bond motifs is 1. The van der Waals surface area contributed by atoms with Gasteiger partial charge in [0.15, 0.2) is 0 Å². The molecule has 2 aromatic rings. The predicted octanol–water partition coefficient (Wildman–Crippen LogP) is 2.08. The molecule has 0 saturated carbocycles. The van der Waals surface area contributed by atoms with Crippen molar-refractivity contribution in [2.24, 2.45) is 0 Å². The van der Waals surface area contributed by atoms with Gasteiger partial charge in [0, 0.05) is 31.6 Å². The topological polar surface area (TPSA) is 40.8 Å². The zero-order chi connectivity index (χ0) is 12.4. The van der Waals surface area contributed by atoms with E-state index in [0.29, 0.717) is 6.04 Å². The summed E-state index contributed by atoms with van der Waals surface area (Å²) in [5, 5.41) is 9.21. The third-order valence-electron chi connectivity index (χ3n) is 3.79. The number of imidazole rings is 1. The number of nitrogens with zero attached hydrogens (tertiary/aromatic N) is 3. The lowest BCUT2D eigenvalue weighted by Gasteiger charge is -2.37. The molecule has 4 nitrogen and oxygen atoms in total. The van der Waals surface area contributed by atoms with Gasteiger partial charge in [0.1, 0.15) is 11.5 Å². The van der Waals surface area contributed by atoms with Crippen LogP contribution in [0.3, 0.4) is 0 Å². The first kappa shape index (κ1) is 11.5. The summed E-state index contributed by atoms with van der Waals surface area (Å²) in [7, 11) is 0. The third-order valence-corrected chi connectivity index (χ3v) is 3.79. The Labute approximate surface area is 107 Å². The van der Waals surface area contributed by atoms with Gasteiger partial charge in [-0.05, 0) is 37.8 Å². The van der Waals surface area contributed by atoms with Gasteiger partial charge >= 0.3 is 0 Å². The molecular formula is C14H19N3O. The molecule has 96 valence electrons. The zero-order valence-corrected chi connectivity index (χ0v) is 10.5. The van der Waals surface area contributed by atoms with Crippen molar-refractivity contribution in [2.45, 2.75) is 31.7 Å². The fraction of sp³-hybridized carbons (Fsp3) is 0.500. The highest BCUT2D eigenvalue weighted by Gasteiger charge is 2.23. The van der Waals surface area contributed by atoms with Crippen LogP contribution < -0.4 is 4.90 Å². The smallest absolute Gasteiger partial charge is 0.138 e. The minimum atomic E-state index is 0.265. The van der Waals surface area contributed by atoms with Crippen LogP contribution in [0.15, 0.2) is 30.6 Å². The van der Waals surface area contributed by atoms with E-state index in [9.17, 15) is 5.11 Å². The molecule has 1 atom stereocenters. The van der Waals surface area contributed by atoms with Crippen molar-refractivity contribution >= 4 is 11.5 Å². The highest BCUT2D eigenvalue weighted by Crippen LogP contribution is 2.26. The van der Waals surface area contributed by atoms with Gasteiger partial charge in [-0.25, -0.2) is 4.98 Å². The summed E-state index contributed by atoms with van der Waals surface area (Å²) < 4.78 is 2.13. The second kappa shape index (κ2) is 4.98. The number of rotatable bonds is 3. The quantitative estimate of drug-likeness (QED) is 0.900. The molecule has 1 fully saturated rings. The van der Waals surface area contributed by atoms with Crippen molar-refractivity contribution in [1.82, 2.24) is 9.38 Å². The highest BCUT2D eigenvalue weighted by atomic mass is 16.3. The van der Waals surface area contributed by atoms with Crippen LogP contribution in [0.5, 0.6) is 0 Å². The number of piperidine rings is 1. The summed E-state index contributed by atoms with van der Waals surface area (Å²) in [6.07, 6.45) is 8.37. The molecule has 3 rings (SSSR count). The summed E-state index contributed by atoms with van der Waals surface area (Å²) >= 11 is 0. The number of anilines is 1. The average molecular weight is 245 g/mol. The number of hydrogen-bond donors (Lipinski definition) is 1. The molecule has 0 aromatic carbocycles. The molecule has 18 heavy (non-hydrogen) atoms. The van der Waals surface area contributed by atoms with E-state index in [1.54, 1.807) is 0 Å². The van der Waals surface area contributed by atoms with Crippen molar-refractivity contribution in [3.63, 3.8) is 0 Å². The third kappa shape index (κ3) is 1.97. The van der Waals surface area contributed by atoms with E-state index in [1.807, 2.05) is 18.5 Å². The summed E-state index contributed by atoms with van der Waals surface area (Å²) in [6.45, 7) is 1.34. The summed E-state index contributed by atoms with van der Waals surface area (Å²) in [5.41, 5.74) is 0.987. The van der Waals surface area contributed by atoms with Crippen LogP contribution in [0.25, 0.3) is 5.65 Å². The Kier molecular flexibility index (Phi) is 3.19. The molecule has 1 N–H and O–H groups in total. The molecule has 1 saturated heterocycles. The fourth-order valence-corrected chi connectivity index (χ4v) is 2.92. The number of pyridine rings is 1. The Morgan fingerprint density at radius 1 is 1.33 bits per heavy atom. The zero-order valence-electron chi connectivity index (χ0n) is 10.5. The molecule has 1 aliphatic rings. The Bertz CT molecular complexity index is 520. The van der Waals surface area contributed by atoms with Crippen LogP contribution in [0.2, 0.25) is 0 Å². The van der Waals surface area contributed by atoms with Gasteiger partial charge in [-0.1, -0.05) is 6.07 Å². The van der Waals surface area contributed by atoms with Gasteiger partial charge in [-0.15, -0.1) is 0 Å². The number of aliphatic hydroxyl groups is 1. The van der Waals surface area contributed by atoms with Crippen LogP contribution in [0, 0.1) is 0 Å². The maximum absolute atomic E-state index is 9.21. The minimum absolute atomic E-state index is 0.265. The molecule has 0 aliphatic carbocycles. The summed E-state index contributed by atoms with van der Waals surface area (Å²) in [5.74, 6) is 1.20. The lowest BCUT2D eigenvalue weighted by atomic mass is 9.99. The maximum Gasteiger partial charge on any atom is 0.138 e. The second-order valence-corrected chi connectivity index (χ2v) is 4.89. The molecule has 2 aromatic heterocycles. The molecule has 0 bridgehead atoms. The van der Waals surface area contributed by atoms with E-state index < -0.39 is 0 Å². The first-order chi connectivity index (χ1) is 8.90. The molecule has 1 aliphatic heterocycles. The van der Waals surface area contributed by atoms with E-state index in [0.717, 1.165) is 18.6 Å². The molecule has 0 amide bonds. The summed E-state index contributed by atoms with van der Waals surface area (Å²) in [6, 6.07) is 6.68. The number of aliphatic hydroxyl groups excluding tert-OH is 1. The maximum atomic E-state index is 9.21. The van der Waals surface area contributed by atoms with Crippen molar-refractivity contribution in [1.29, 1.82) is 0 Å². The molecule has 0 radical (unpaired) electrons. The van der Waals surface area contributed by atoms with E-state index >= 15 is 0 Å². The van der Waals surface area contributed by atoms with Crippen molar-refractivity contribution in [3.8, 4) is 0 Å². The number of hydrogen-bond acceptors (Lipinski definition) is 3. The monoisotopic (exact) mass is 245 g/mol. The van der Waals surface area contributed by atoms with Gasteiger partial charge in [0.2, 0.25) is 0 Å². The van der Waals surface area contributed by atoms with Gasteiger partial charge in [-0.3, -0.25) is 4.40 Å². The van der Waals surface area contributed by atoms with E-state index in [-0.39, 0.29) is 6.61 Å². The second-order valence-electron chi connectivity index (χ2n) is 4.89. The number of aromatic nitrogens is 2. The largest absolute Gasteiger partial charge is 0.396 e. The highest BCUT2D eigenvalue weighted by molar-refractivity contribution is 5.52. The van der Waals surface area contributed by atoms with Gasteiger partial charge in [0.25, 0.3) is 0 Å². The Morgan fingerprint density at radius 2 is 2.28 bits per heavy atom. The molecule has 1 unspecified atom stereocenters. The van der Waals surface area contributed by atoms with E-state index in [2.05, 4.69) is 26.4 Å². The molecular weight excluding hydrogens is 226 g/mol. The first-order valence-electron chi connectivity index (χ1n) is 6.70. The molecule has 3 heterocycles. The first-order valence-corrected chi connectivity index (χ1v) is 6.70. The minimum Gasteiger partial charge on any atom is -0.396 e. The van der Waals surface area contributed by atoms with Crippen molar-refractivity contribution < 1.29 is 5.11 Å². The SMILES string of the molecule is OCCC1CCCCN1c1cccc2nccn12. The van der Waals surface area contributed by atoms with Crippen molar-refractivity contribution in [3.05, 3.63) is 30.6 Å². The lowest BCUT2D eigenvalue weighted by molar-refractivity contribution is 0.262. The fourth-order valence-electron chi connectivity index (χ4n) is 2.92. The lowest BCUT2D eigenvalue weighted by Crippen LogP contribution is -2.41. The van der Waals surface area contributed by atoms with Gasteiger partial charge < -0.3 is 10.0 Å². The normalized spacial score (nSPS) is 20.5. The van der Waals surface area contributed by atoms with Gasteiger partial charge in [0.05, 0.1) is 0 Å². The Morgan fingerprint density at radius 3 is 3.17 bits per heavy atom. The Balaban J connectivity index is 1.98. The van der Waals surface area contributed by atoms with Crippen LogP contribution >= 0.6 is 0 Å². The standard InChI is InChI=1S/C14H19N3O/c18-11-7-12-4-1-2-9-16(12)14-6-3-5-13-15-8-10-17(13)14/h3,5-6,8,10,12,18H,1-2,4,7,9,11H2. The van der Waals surface area contributed by atoms with Crippen LogP contribution in [0.4, 0.5) is 5.82 Å². The summed E-state index contributed by atoms with van der Waals surface area (Å²) in [4.78, 5) is 6.76. The van der Waals surface area contributed by atoms with Crippen LogP contribution in [-0.2, 0) is 0 Å².